The van der Waals surface area contributed by atoms with E-state index in [0.29, 0.717) is 62.4 Å². The largest absolute Gasteiger partial charge is 0.438 e. The van der Waals surface area contributed by atoms with E-state index in [1.54, 1.807) is 16.8 Å². The van der Waals surface area contributed by atoms with Crippen LogP contribution in [-0.2, 0) is 22.6 Å². The first-order chi connectivity index (χ1) is 30.9. The molecule has 3 amide bonds. The van der Waals surface area contributed by atoms with Gasteiger partial charge in [-0.15, -0.1) is 0 Å². The average Bonchev–Trinajstić information content (AvgIpc) is 3.70. The number of aromatic nitrogens is 4. The fourth-order valence-corrected chi connectivity index (χ4v) is 8.94. The Morgan fingerprint density at radius 1 is 0.812 bits per heavy atom. The third-order valence-corrected chi connectivity index (χ3v) is 12.2. The van der Waals surface area contributed by atoms with Crippen LogP contribution in [0.4, 0.5) is 4.39 Å². The summed E-state index contributed by atoms with van der Waals surface area (Å²) < 4.78 is 28.3. The molecule has 0 bridgehead atoms. The zero-order valence-electron chi connectivity index (χ0n) is 37.2. The van der Waals surface area contributed by atoms with Crippen molar-refractivity contribution < 1.29 is 28.2 Å². The topological polar surface area (TPSA) is 159 Å². The highest BCUT2D eigenvalue weighted by molar-refractivity contribution is 6.00. The van der Waals surface area contributed by atoms with Crippen LogP contribution in [0.5, 0.6) is 11.6 Å². The molecule has 5 heterocycles. The molecule has 3 aliphatic rings. The number of hydrogen-bond donors (Lipinski definition) is 3. The van der Waals surface area contributed by atoms with Crippen LogP contribution in [0.1, 0.15) is 82.8 Å². The molecule has 0 radical (unpaired) electrons. The van der Waals surface area contributed by atoms with Crippen molar-refractivity contribution in [2.75, 3.05) is 59.0 Å². The number of piperazine rings is 1. The zero-order valence-corrected chi connectivity index (χ0v) is 37.2. The molecule has 2 aromatic carbocycles. The zero-order chi connectivity index (χ0) is 44.7. The summed E-state index contributed by atoms with van der Waals surface area (Å²) in [7, 11) is 0. The van der Waals surface area contributed by atoms with Gasteiger partial charge in [-0.05, 0) is 99.9 Å². The second-order valence-corrected chi connectivity index (χ2v) is 17.6. The average molecular weight is 875 g/mol. The van der Waals surface area contributed by atoms with Gasteiger partial charge in [0.05, 0.1) is 32.2 Å². The van der Waals surface area contributed by atoms with Crippen LogP contribution < -0.4 is 20.7 Å². The van der Waals surface area contributed by atoms with Gasteiger partial charge in [-0.3, -0.25) is 29.1 Å². The van der Waals surface area contributed by atoms with Crippen molar-refractivity contribution in [2.45, 2.75) is 84.6 Å². The Kier molecular flexibility index (Phi) is 14.2. The third kappa shape index (κ3) is 11.3. The molecular formula is C48H59FN10O5. The third-order valence-electron chi connectivity index (χ3n) is 12.2. The predicted molar refractivity (Wildman–Crippen MR) is 241 cm³/mol. The van der Waals surface area contributed by atoms with Crippen molar-refractivity contribution in [1.82, 2.24) is 50.2 Å². The number of morpholine rings is 1. The van der Waals surface area contributed by atoms with Crippen LogP contribution in [0.3, 0.4) is 0 Å². The van der Waals surface area contributed by atoms with E-state index >= 15 is 0 Å². The van der Waals surface area contributed by atoms with Crippen molar-refractivity contribution in [3.8, 4) is 22.8 Å². The number of aryl methyl sites for hydroxylation is 2. The second-order valence-electron chi connectivity index (χ2n) is 17.6. The van der Waals surface area contributed by atoms with E-state index < -0.39 is 11.7 Å². The Morgan fingerprint density at radius 2 is 1.50 bits per heavy atom. The van der Waals surface area contributed by atoms with Crippen LogP contribution in [0.25, 0.3) is 16.8 Å². The number of fused-ring (bicyclic) bond motifs is 1. The van der Waals surface area contributed by atoms with Crippen molar-refractivity contribution >= 4 is 23.4 Å². The molecule has 2 saturated heterocycles. The molecule has 0 spiro atoms. The van der Waals surface area contributed by atoms with E-state index in [4.69, 9.17) is 9.47 Å². The first-order valence-electron chi connectivity index (χ1n) is 22.5. The lowest BCUT2D eigenvalue weighted by Crippen LogP contribution is -2.49. The molecule has 15 nitrogen and oxygen atoms in total. The Balaban J connectivity index is 0.910. The number of halogens is 1. The van der Waals surface area contributed by atoms with Crippen molar-refractivity contribution in [3.63, 3.8) is 0 Å². The van der Waals surface area contributed by atoms with E-state index in [-0.39, 0.29) is 41.4 Å². The maximum absolute atomic E-state index is 14.7. The van der Waals surface area contributed by atoms with E-state index in [2.05, 4.69) is 63.9 Å². The fourth-order valence-electron chi connectivity index (χ4n) is 8.94. The molecule has 1 aliphatic carbocycles. The summed E-state index contributed by atoms with van der Waals surface area (Å²) in [6.45, 7) is 16.3. The van der Waals surface area contributed by atoms with Gasteiger partial charge < -0.3 is 25.4 Å². The van der Waals surface area contributed by atoms with Crippen molar-refractivity contribution in [3.05, 3.63) is 106 Å². The molecule has 1 saturated carbocycles. The molecule has 0 atom stereocenters. The monoisotopic (exact) mass is 874 g/mol. The number of nitrogens with one attached hydrogen (secondary N) is 3. The molecule has 64 heavy (non-hydrogen) atoms. The number of nitrogens with zero attached hydrogens (tertiary/aromatic N) is 7. The summed E-state index contributed by atoms with van der Waals surface area (Å²) in [5.74, 6) is -0.803. The SMILES string of the molecule is Cc1cc(C)n2ncc(C(=O)NC3CCC(NC(=O)c4cc(F)cnc4Oc4cccc(-c5ccc(CN6CCN(CC(=O)NC(C)C)CC6)cc5CN5CCOCC5)c4)CC3)c2n1. The van der Waals surface area contributed by atoms with E-state index in [1.807, 2.05) is 52.0 Å². The lowest BCUT2D eigenvalue weighted by Gasteiger charge is -2.34. The highest BCUT2D eigenvalue weighted by Crippen LogP contribution is 2.32. The molecule has 0 unspecified atom stereocenters. The van der Waals surface area contributed by atoms with Crippen LogP contribution in [0, 0.1) is 19.7 Å². The number of benzene rings is 2. The summed E-state index contributed by atoms with van der Waals surface area (Å²) in [6, 6.07) is 17.3. The summed E-state index contributed by atoms with van der Waals surface area (Å²) >= 11 is 0. The minimum absolute atomic E-state index is 0.00372. The highest BCUT2D eigenvalue weighted by atomic mass is 19.1. The molecule has 8 rings (SSSR count). The summed E-state index contributed by atoms with van der Waals surface area (Å²) in [6.07, 6.45) is 5.17. The number of ether oxygens (including phenoxy) is 2. The maximum Gasteiger partial charge on any atom is 0.257 e. The number of amides is 3. The highest BCUT2D eigenvalue weighted by Gasteiger charge is 2.28. The lowest BCUT2D eigenvalue weighted by molar-refractivity contribution is -0.123. The minimum atomic E-state index is -0.644. The van der Waals surface area contributed by atoms with Gasteiger partial charge in [0.25, 0.3) is 11.8 Å². The maximum atomic E-state index is 14.7. The Morgan fingerprint density at radius 3 is 2.22 bits per heavy atom. The van der Waals surface area contributed by atoms with Gasteiger partial charge in [-0.25, -0.2) is 18.9 Å². The molecule has 3 fully saturated rings. The standard InChI is InChI=1S/C48H59FN10O5/c1-31(2)52-44(60)30-57-16-14-56(15-17-57)28-34-8-13-41(36(23-34)29-58-18-20-63-21-19-58)35-6-5-7-40(24-35)64-48-42(25-37(49)26-50-48)46(61)54-38-9-11-39(12-10-38)55-47(62)43-27-51-59-33(4)22-32(3)53-45(43)59/h5-8,13,22-27,31,38-39H,9-12,14-21,28-30H2,1-4H3,(H,52,60)(H,54,61)(H,55,62). The number of pyridine rings is 1. The fraction of sp³-hybridized carbons (Fsp3) is 0.458. The number of hydrogen-bond acceptors (Lipinski definition) is 11. The number of rotatable bonds is 14. The Bertz CT molecular complexity index is 2450. The van der Waals surface area contributed by atoms with Gasteiger partial charge in [-0.2, -0.15) is 5.10 Å². The van der Waals surface area contributed by atoms with Gasteiger partial charge in [0.15, 0.2) is 5.65 Å². The summed E-state index contributed by atoms with van der Waals surface area (Å²) in [5.41, 5.74) is 7.08. The minimum Gasteiger partial charge on any atom is -0.438 e. The quantitative estimate of drug-likeness (QED) is 0.133. The molecule has 5 aromatic rings. The molecule has 3 aromatic heterocycles. The second kappa shape index (κ2) is 20.4. The molecule has 16 heteroatoms. The normalized spacial score (nSPS) is 18.8. The molecule has 338 valence electrons. The van der Waals surface area contributed by atoms with Crippen LogP contribution in [0.2, 0.25) is 0 Å². The van der Waals surface area contributed by atoms with E-state index in [9.17, 15) is 18.8 Å². The lowest BCUT2D eigenvalue weighted by atomic mass is 9.91. The van der Waals surface area contributed by atoms with Crippen LogP contribution >= 0.6 is 0 Å². The summed E-state index contributed by atoms with van der Waals surface area (Å²) in [5, 5.41) is 13.5. The Labute approximate surface area is 373 Å². The van der Waals surface area contributed by atoms with Crippen LogP contribution in [-0.4, -0.2) is 129 Å². The Hall–Kier alpha value is -5.81. The van der Waals surface area contributed by atoms with E-state index in [1.165, 1.54) is 11.1 Å². The number of carbonyl (C=O) groups excluding carboxylic acids is 3. The van der Waals surface area contributed by atoms with Gasteiger partial charge in [0.2, 0.25) is 11.8 Å². The smallest absolute Gasteiger partial charge is 0.257 e. The number of carbonyl (C=O) groups is 3. The van der Waals surface area contributed by atoms with Gasteiger partial charge in [-0.1, -0.05) is 30.3 Å². The van der Waals surface area contributed by atoms with E-state index in [0.717, 1.165) is 87.1 Å². The first kappa shape index (κ1) is 44.8. The van der Waals surface area contributed by atoms with Crippen molar-refractivity contribution in [2.24, 2.45) is 0 Å². The van der Waals surface area contributed by atoms with Crippen LogP contribution in [0.15, 0.2) is 67.0 Å². The first-order valence-corrected chi connectivity index (χ1v) is 22.5. The molecule has 3 N–H and O–H groups in total. The van der Waals surface area contributed by atoms with Gasteiger partial charge in [0, 0.05) is 81.9 Å². The molecule has 2 aliphatic heterocycles. The predicted octanol–water partition coefficient (Wildman–Crippen LogP) is 5.28. The van der Waals surface area contributed by atoms with Gasteiger partial charge >= 0.3 is 0 Å². The molecular weight excluding hydrogens is 816 g/mol. The van der Waals surface area contributed by atoms with Crippen molar-refractivity contribution in [1.29, 1.82) is 0 Å². The van der Waals surface area contributed by atoms with Gasteiger partial charge in [0.1, 0.15) is 22.7 Å². The summed E-state index contributed by atoms with van der Waals surface area (Å²) in [4.78, 5) is 55.2.